The van der Waals surface area contributed by atoms with E-state index in [1.54, 1.807) is 0 Å². The molecule has 0 heterocycles. The fourth-order valence-electron chi connectivity index (χ4n) is 1.75. The second-order valence-corrected chi connectivity index (χ2v) is 4.88. The summed E-state index contributed by atoms with van der Waals surface area (Å²) >= 11 is 0. The first-order valence-electron chi connectivity index (χ1n) is 5.58. The van der Waals surface area contributed by atoms with Crippen molar-refractivity contribution in [3.63, 3.8) is 0 Å². The molecule has 0 unspecified atom stereocenters. The molecule has 1 nitrogen and oxygen atoms in total. The molecular formula is C15H16O. The fraction of sp³-hybridized carbons (Fsp3) is 0.267. The van der Waals surface area contributed by atoms with E-state index in [2.05, 4.69) is 19.9 Å². The molecule has 0 N–H and O–H groups in total. The largest absolute Gasteiger partial charge is 0.289 e. The molecule has 0 atom stereocenters. The minimum Gasteiger partial charge on any atom is -0.289 e. The van der Waals surface area contributed by atoms with E-state index in [0.717, 1.165) is 17.6 Å². The maximum atomic E-state index is 12.1. The highest BCUT2D eigenvalue weighted by molar-refractivity contribution is 6.10. The molecule has 1 heteroatoms. The Morgan fingerprint density at radius 3 is 2.44 bits per heavy atom. The molecule has 0 bridgehead atoms. The average Bonchev–Trinajstić information content (AvgIpc) is 2.29. The van der Waals surface area contributed by atoms with Gasteiger partial charge in [0.25, 0.3) is 0 Å². The Kier molecular flexibility index (Phi) is 2.78. The van der Waals surface area contributed by atoms with Crippen LogP contribution in [0.2, 0.25) is 0 Å². The number of Topliss-reactive ketones (excluding diaryl/α,β-unsaturated/α-hetero) is 1. The number of hydrogen-bond donors (Lipinski definition) is 0. The Morgan fingerprint density at radius 1 is 1.19 bits per heavy atom. The number of ketones is 1. The van der Waals surface area contributed by atoms with Gasteiger partial charge in [0.05, 0.1) is 0 Å². The van der Waals surface area contributed by atoms with E-state index in [9.17, 15) is 4.79 Å². The van der Waals surface area contributed by atoms with Crippen molar-refractivity contribution in [3.8, 4) is 0 Å². The van der Waals surface area contributed by atoms with E-state index in [1.165, 1.54) is 0 Å². The standard InChI is InChI=1S/C15H16O/c1-15(2)10-8-13(9-11-15)14(16)12-6-4-3-5-7-12/h3-10H,11H2,1-2H3. The molecule has 1 aliphatic rings. The molecule has 0 fully saturated rings. The number of rotatable bonds is 2. The lowest BCUT2D eigenvalue weighted by atomic mass is 9.83. The Hall–Kier alpha value is -1.63. The summed E-state index contributed by atoms with van der Waals surface area (Å²) in [5.74, 6) is 0.118. The van der Waals surface area contributed by atoms with Crippen LogP contribution in [0.15, 0.2) is 54.1 Å². The summed E-state index contributed by atoms with van der Waals surface area (Å²) in [6.45, 7) is 4.34. The topological polar surface area (TPSA) is 17.1 Å². The van der Waals surface area contributed by atoms with Crippen LogP contribution in [0.25, 0.3) is 0 Å². The number of hydrogen-bond acceptors (Lipinski definition) is 1. The highest BCUT2D eigenvalue weighted by Crippen LogP contribution is 2.29. The Morgan fingerprint density at radius 2 is 1.88 bits per heavy atom. The van der Waals surface area contributed by atoms with E-state index in [-0.39, 0.29) is 11.2 Å². The molecule has 16 heavy (non-hydrogen) atoms. The summed E-state index contributed by atoms with van der Waals surface area (Å²) in [6.07, 6.45) is 7.02. The maximum absolute atomic E-state index is 12.1. The molecule has 1 aromatic carbocycles. The van der Waals surface area contributed by atoms with Gasteiger partial charge in [-0.3, -0.25) is 4.79 Å². The summed E-state index contributed by atoms with van der Waals surface area (Å²) in [5.41, 5.74) is 1.75. The van der Waals surface area contributed by atoms with Gasteiger partial charge in [0.1, 0.15) is 0 Å². The molecule has 0 aromatic heterocycles. The van der Waals surface area contributed by atoms with Crippen molar-refractivity contribution in [2.75, 3.05) is 0 Å². The maximum Gasteiger partial charge on any atom is 0.192 e. The minimum absolute atomic E-state index is 0.118. The Labute approximate surface area is 96.5 Å². The smallest absolute Gasteiger partial charge is 0.192 e. The first kappa shape index (κ1) is 10.9. The van der Waals surface area contributed by atoms with Crippen molar-refractivity contribution in [1.82, 2.24) is 0 Å². The van der Waals surface area contributed by atoms with Gasteiger partial charge in [-0.25, -0.2) is 0 Å². The van der Waals surface area contributed by atoms with Crippen LogP contribution < -0.4 is 0 Å². The van der Waals surface area contributed by atoms with Gasteiger partial charge in [0.15, 0.2) is 5.78 Å². The van der Waals surface area contributed by atoms with Crippen molar-refractivity contribution in [2.24, 2.45) is 5.41 Å². The van der Waals surface area contributed by atoms with Gasteiger partial charge < -0.3 is 0 Å². The molecule has 0 spiro atoms. The molecule has 0 aliphatic heterocycles. The first-order chi connectivity index (χ1) is 7.58. The zero-order chi connectivity index (χ0) is 11.6. The lowest BCUT2D eigenvalue weighted by molar-refractivity contribution is 0.103. The Balaban J connectivity index is 2.20. The third kappa shape index (κ3) is 2.30. The second kappa shape index (κ2) is 4.09. The molecular weight excluding hydrogens is 196 g/mol. The van der Waals surface area contributed by atoms with Crippen LogP contribution in [0.5, 0.6) is 0 Å². The van der Waals surface area contributed by atoms with Crippen LogP contribution in [-0.2, 0) is 0 Å². The minimum atomic E-state index is 0.118. The van der Waals surface area contributed by atoms with Gasteiger partial charge in [-0.1, -0.05) is 62.4 Å². The average molecular weight is 212 g/mol. The monoisotopic (exact) mass is 212 g/mol. The SMILES string of the molecule is CC1(C)C=CC(C(=O)c2ccccc2)=CC1. The molecule has 0 amide bonds. The molecule has 1 aliphatic carbocycles. The van der Waals surface area contributed by atoms with Crippen LogP contribution in [0.3, 0.4) is 0 Å². The van der Waals surface area contributed by atoms with Crippen LogP contribution >= 0.6 is 0 Å². The van der Waals surface area contributed by atoms with Crippen molar-refractivity contribution in [2.45, 2.75) is 20.3 Å². The third-order valence-corrected chi connectivity index (χ3v) is 2.86. The van der Waals surface area contributed by atoms with Gasteiger partial charge in [-0.05, 0) is 11.8 Å². The van der Waals surface area contributed by atoms with Gasteiger partial charge in [-0.2, -0.15) is 0 Å². The number of allylic oxidation sites excluding steroid dienone is 4. The molecule has 0 radical (unpaired) electrons. The van der Waals surface area contributed by atoms with Crippen LogP contribution in [0, 0.1) is 5.41 Å². The lowest BCUT2D eigenvalue weighted by Crippen LogP contribution is -2.12. The third-order valence-electron chi connectivity index (χ3n) is 2.86. The number of carbonyl (C=O) groups excluding carboxylic acids is 1. The number of benzene rings is 1. The van der Waals surface area contributed by atoms with Gasteiger partial charge in [-0.15, -0.1) is 0 Å². The summed E-state index contributed by atoms with van der Waals surface area (Å²) in [6, 6.07) is 9.42. The normalized spacial score (nSPS) is 18.0. The quantitative estimate of drug-likeness (QED) is 0.682. The molecule has 0 saturated heterocycles. The van der Waals surface area contributed by atoms with E-state index >= 15 is 0 Å². The van der Waals surface area contributed by atoms with Crippen molar-refractivity contribution >= 4 is 5.78 Å². The molecule has 2 rings (SSSR count). The van der Waals surface area contributed by atoms with Gasteiger partial charge >= 0.3 is 0 Å². The summed E-state index contributed by atoms with van der Waals surface area (Å²) in [7, 11) is 0. The van der Waals surface area contributed by atoms with E-state index < -0.39 is 0 Å². The fourth-order valence-corrected chi connectivity index (χ4v) is 1.75. The molecule has 0 saturated carbocycles. The predicted molar refractivity (Wildman–Crippen MR) is 66.4 cm³/mol. The van der Waals surface area contributed by atoms with Crippen molar-refractivity contribution in [3.05, 3.63) is 59.7 Å². The zero-order valence-electron chi connectivity index (χ0n) is 9.73. The van der Waals surface area contributed by atoms with Crippen LogP contribution in [0.1, 0.15) is 30.6 Å². The van der Waals surface area contributed by atoms with Gasteiger partial charge in [0, 0.05) is 11.1 Å². The highest BCUT2D eigenvalue weighted by Gasteiger charge is 2.19. The Bertz CT molecular complexity index is 450. The summed E-state index contributed by atoms with van der Waals surface area (Å²) in [4.78, 5) is 12.1. The van der Waals surface area contributed by atoms with Crippen molar-refractivity contribution in [1.29, 1.82) is 0 Å². The highest BCUT2D eigenvalue weighted by atomic mass is 16.1. The second-order valence-electron chi connectivity index (χ2n) is 4.88. The van der Waals surface area contributed by atoms with Crippen LogP contribution in [-0.4, -0.2) is 5.78 Å². The van der Waals surface area contributed by atoms with E-state index in [1.807, 2.05) is 42.5 Å². The van der Waals surface area contributed by atoms with E-state index in [4.69, 9.17) is 0 Å². The molecule has 1 aromatic rings. The summed E-state index contributed by atoms with van der Waals surface area (Å²) < 4.78 is 0. The first-order valence-corrected chi connectivity index (χ1v) is 5.58. The predicted octanol–water partition coefficient (Wildman–Crippen LogP) is 3.78. The van der Waals surface area contributed by atoms with E-state index in [0.29, 0.717) is 0 Å². The zero-order valence-corrected chi connectivity index (χ0v) is 9.73. The summed E-state index contributed by atoms with van der Waals surface area (Å²) in [5, 5.41) is 0. The number of carbonyl (C=O) groups is 1. The van der Waals surface area contributed by atoms with Crippen molar-refractivity contribution < 1.29 is 4.79 Å². The molecule has 82 valence electrons. The van der Waals surface area contributed by atoms with Gasteiger partial charge in [0.2, 0.25) is 0 Å². The van der Waals surface area contributed by atoms with Crippen LogP contribution in [0.4, 0.5) is 0 Å². The lowest BCUT2D eigenvalue weighted by Gasteiger charge is -2.22.